The van der Waals surface area contributed by atoms with Crippen LogP contribution in [0.3, 0.4) is 0 Å². The molecule has 3 N–H and O–H groups in total. The first-order valence-corrected chi connectivity index (χ1v) is 23.7. The van der Waals surface area contributed by atoms with Crippen LogP contribution in [0.15, 0.2) is 60.7 Å². The van der Waals surface area contributed by atoms with Crippen LogP contribution in [0.2, 0.25) is 0 Å². The average molecular weight is 875 g/mol. The summed E-state index contributed by atoms with van der Waals surface area (Å²) < 4.78 is 37.2. The summed E-state index contributed by atoms with van der Waals surface area (Å²) >= 11 is 1.69. The Morgan fingerprint density at radius 2 is 1.74 bits per heavy atom. The third-order valence-corrected chi connectivity index (χ3v) is 14.4. The summed E-state index contributed by atoms with van der Waals surface area (Å²) in [5.41, 5.74) is 2.91. The van der Waals surface area contributed by atoms with Crippen LogP contribution in [0.1, 0.15) is 115 Å². The first kappa shape index (κ1) is 45.7. The Morgan fingerprint density at radius 1 is 1.00 bits per heavy atom. The van der Waals surface area contributed by atoms with Gasteiger partial charge in [-0.15, -0.1) is 11.3 Å². The second kappa shape index (κ2) is 19.1. The Morgan fingerprint density at radius 3 is 2.39 bits per heavy atom. The van der Waals surface area contributed by atoms with Crippen molar-refractivity contribution >= 4 is 56.0 Å². The van der Waals surface area contributed by atoms with Gasteiger partial charge in [0.05, 0.1) is 17.8 Å². The number of anilines is 1. The first-order valence-electron chi connectivity index (χ1n) is 21.4. The Hall–Kier alpha value is -4.80. The number of imidazole rings is 1. The van der Waals surface area contributed by atoms with Gasteiger partial charge >= 0.3 is 10.2 Å². The fourth-order valence-electron chi connectivity index (χ4n) is 7.94. The maximum Gasteiger partial charge on any atom is 0.303 e. The minimum absolute atomic E-state index is 0.00163. The summed E-state index contributed by atoms with van der Waals surface area (Å²) in [6.07, 6.45) is 7.95. The van der Waals surface area contributed by atoms with Crippen LogP contribution < -0.4 is 20.1 Å². The first-order chi connectivity index (χ1) is 28.9. The summed E-state index contributed by atoms with van der Waals surface area (Å²) in [4.78, 5) is 55.8. The van der Waals surface area contributed by atoms with E-state index in [-0.39, 0.29) is 37.3 Å². The van der Waals surface area contributed by atoms with Crippen LogP contribution in [0.4, 0.5) is 5.69 Å². The molecule has 1 aliphatic heterocycles. The van der Waals surface area contributed by atoms with Gasteiger partial charge in [-0.1, -0.05) is 77.0 Å². The number of allylic oxidation sites excluding steroid dienone is 1. The zero-order valence-corrected chi connectivity index (χ0v) is 38.5. The number of nitrogens with one attached hydrogen (secondary N) is 3. The SMILES string of the molecule is CC(C)c1nc(-c2cccc3c2nc(OCCC2C(=O)NC4(C(=O)NS(=O)(=O)N(C)C)CC4C=CCCCCCC(Nc4ccccc4)C(=O)N2C)n3C(C)C)sc1C(C)C. The Labute approximate surface area is 364 Å². The predicted octanol–water partition coefficient (Wildman–Crippen LogP) is 7.38. The number of amides is 3. The van der Waals surface area contributed by atoms with Gasteiger partial charge in [-0.2, -0.15) is 17.7 Å². The molecule has 330 valence electrons. The molecule has 1 saturated carbocycles. The minimum atomic E-state index is -4.16. The lowest BCUT2D eigenvalue weighted by atomic mass is 10.0. The lowest BCUT2D eigenvalue weighted by Gasteiger charge is -2.32. The van der Waals surface area contributed by atoms with Crippen molar-refractivity contribution in [3.63, 3.8) is 0 Å². The van der Waals surface area contributed by atoms with E-state index >= 15 is 0 Å². The van der Waals surface area contributed by atoms with E-state index in [1.807, 2.05) is 65.3 Å². The van der Waals surface area contributed by atoms with Gasteiger partial charge in [0.15, 0.2) is 0 Å². The third-order valence-electron chi connectivity index (χ3n) is 11.5. The molecule has 0 saturated heterocycles. The van der Waals surface area contributed by atoms with Gasteiger partial charge in [0, 0.05) is 55.7 Å². The number of carbonyl (C=O) groups is 3. The highest BCUT2D eigenvalue weighted by molar-refractivity contribution is 7.87. The molecular weight excluding hydrogens is 813 g/mol. The number of rotatable bonds is 13. The third kappa shape index (κ3) is 10.1. The van der Waals surface area contributed by atoms with Crippen LogP contribution in [0.5, 0.6) is 6.01 Å². The smallest absolute Gasteiger partial charge is 0.303 e. The number of para-hydroxylation sites is 2. The number of hydrogen-bond donors (Lipinski definition) is 3. The second-order valence-corrected chi connectivity index (χ2v) is 20.2. The van der Waals surface area contributed by atoms with Crippen molar-refractivity contribution in [3.8, 4) is 16.6 Å². The minimum Gasteiger partial charge on any atom is -0.465 e. The van der Waals surface area contributed by atoms with Gasteiger partial charge in [0.2, 0.25) is 11.8 Å². The monoisotopic (exact) mass is 874 g/mol. The molecule has 0 bridgehead atoms. The quantitative estimate of drug-likeness (QED) is 0.116. The topological polar surface area (TPSA) is 168 Å². The number of ether oxygens (including phenoxy) is 1. The van der Waals surface area contributed by atoms with Crippen molar-refractivity contribution in [1.82, 2.24) is 33.8 Å². The van der Waals surface area contributed by atoms with Crippen LogP contribution in [0, 0.1) is 5.92 Å². The molecule has 4 aromatic rings. The molecule has 6 rings (SSSR count). The van der Waals surface area contributed by atoms with Crippen molar-refractivity contribution in [3.05, 3.63) is 71.3 Å². The zero-order chi connectivity index (χ0) is 44.2. The van der Waals surface area contributed by atoms with Crippen molar-refractivity contribution < 1.29 is 27.5 Å². The lowest BCUT2D eigenvalue weighted by Crippen LogP contribution is -2.59. The van der Waals surface area contributed by atoms with Crippen molar-refractivity contribution in [2.24, 2.45) is 5.92 Å². The van der Waals surface area contributed by atoms with Crippen LogP contribution in [-0.4, -0.2) is 95.3 Å². The number of carbonyl (C=O) groups excluding carboxylic acids is 3. The standard InChI is InChI=1S/C45H62N8O6S2/c1-28(2)37-39(29(3)4)60-41(47-37)33-22-18-24-35-38(33)48-44(53(35)30(5)6)59-26-25-36-40(54)49-45(43(56)50-61(57,58)51(7)8)27-31(45)19-14-11-10-12-17-23-34(42(55)52(36)9)46-32-20-15-13-16-21-32/h13-16,18-22,24,28-31,34,36,46H,10-12,17,23,25-27H2,1-9H3,(H,49,54)(H,50,56). The summed E-state index contributed by atoms with van der Waals surface area (Å²) in [6, 6.07) is 14.2. The molecule has 0 spiro atoms. The number of fused-ring (bicyclic) bond motifs is 2. The molecule has 2 aromatic heterocycles. The van der Waals surface area contributed by atoms with Gasteiger partial charge in [0.1, 0.15) is 28.1 Å². The molecule has 1 aliphatic carbocycles. The maximum atomic E-state index is 14.6. The van der Waals surface area contributed by atoms with E-state index in [2.05, 4.69) is 56.9 Å². The van der Waals surface area contributed by atoms with Gasteiger partial charge < -0.3 is 20.3 Å². The average Bonchev–Trinajstić information content (AvgIpc) is 3.51. The van der Waals surface area contributed by atoms with E-state index in [9.17, 15) is 22.8 Å². The molecule has 2 aliphatic rings. The lowest BCUT2D eigenvalue weighted by molar-refractivity contribution is -0.141. The Bertz CT molecular complexity index is 2310. The highest BCUT2D eigenvalue weighted by atomic mass is 32.2. The maximum absolute atomic E-state index is 14.6. The summed E-state index contributed by atoms with van der Waals surface area (Å²) in [5.74, 6) is -1.55. The van der Waals surface area contributed by atoms with Gasteiger partial charge in [-0.05, 0) is 75.6 Å². The molecule has 61 heavy (non-hydrogen) atoms. The molecule has 3 heterocycles. The normalized spacial score (nSPS) is 21.7. The van der Waals surface area contributed by atoms with Crippen LogP contribution in [0.25, 0.3) is 21.6 Å². The zero-order valence-electron chi connectivity index (χ0n) is 36.9. The molecule has 4 atom stereocenters. The molecule has 1 fully saturated rings. The number of thiazole rings is 1. The molecule has 4 unspecified atom stereocenters. The van der Waals surface area contributed by atoms with E-state index in [0.29, 0.717) is 18.3 Å². The van der Waals surface area contributed by atoms with Gasteiger partial charge in [-0.25, -0.2) is 9.71 Å². The van der Waals surface area contributed by atoms with Gasteiger partial charge in [0.25, 0.3) is 11.9 Å². The highest BCUT2D eigenvalue weighted by Crippen LogP contribution is 2.46. The highest BCUT2D eigenvalue weighted by Gasteiger charge is 2.61. The fourth-order valence-corrected chi connectivity index (χ4v) is 9.79. The molecule has 2 aromatic carbocycles. The molecule has 16 heteroatoms. The van der Waals surface area contributed by atoms with E-state index in [0.717, 1.165) is 63.0 Å². The Balaban J connectivity index is 1.33. The summed E-state index contributed by atoms with van der Waals surface area (Å²) in [5, 5.41) is 7.23. The Kier molecular flexibility index (Phi) is 14.3. The van der Waals surface area contributed by atoms with Crippen LogP contribution >= 0.6 is 11.3 Å². The molecule has 3 amide bonds. The number of nitrogens with zero attached hydrogens (tertiary/aromatic N) is 5. The number of benzene rings is 2. The predicted molar refractivity (Wildman–Crippen MR) is 242 cm³/mol. The second-order valence-electron chi connectivity index (χ2n) is 17.3. The molecular formula is C45H62N8O6S2. The van der Waals surface area contributed by atoms with E-state index in [1.165, 1.54) is 23.9 Å². The number of likely N-dealkylation sites (N-methyl/N-ethyl adjacent to an activating group) is 1. The van der Waals surface area contributed by atoms with E-state index < -0.39 is 45.6 Å². The van der Waals surface area contributed by atoms with Crippen molar-refractivity contribution in [2.75, 3.05) is 33.1 Å². The van der Waals surface area contributed by atoms with Crippen molar-refractivity contribution in [1.29, 1.82) is 0 Å². The summed E-state index contributed by atoms with van der Waals surface area (Å²) in [6.45, 7) is 12.8. The van der Waals surface area contributed by atoms with Crippen LogP contribution in [-0.2, 0) is 24.6 Å². The summed E-state index contributed by atoms with van der Waals surface area (Å²) in [7, 11) is 0.0824. The largest absolute Gasteiger partial charge is 0.465 e. The van der Waals surface area contributed by atoms with Gasteiger partial charge in [-0.3, -0.25) is 19.0 Å². The van der Waals surface area contributed by atoms with E-state index in [4.69, 9.17) is 14.7 Å². The fraction of sp³-hybridized carbons (Fsp3) is 0.533. The molecule has 14 nitrogen and oxygen atoms in total. The number of aromatic nitrogens is 3. The number of hydrogen-bond acceptors (Lipinski definition) is 10. The molecule has 0 radical (unpaired) electrons. The van der Waals surface area contributed by atoms with E-state index in [1.54, 1.807) is 18.4 Å². The van der Waals surface area contributed by atoms with Crippen molar-refractivity contribution in [2.45, 2.75) is 122 Å².